The van der Waals surface area contributed by atoms with Crippen LogP contribution in [0.15, 0.2) is 54.6 Å². The number of ether oxygens (including phenoxy) is 1. The lowest BCUT2D eigenvalue weighted by atomic mass is 10.0. The molecule has 0 saturated carbocycles. The molecule has 0 heterocycles. The van der Waals surface area contributed by atoms with Crippen LogP contribution in [0.3, 0.4) is 0 Å². The lowest BCUT2D eigenvalue weighted by Crippen LogP contribution is -2.32. The average molecular weight is 525 g/mol. The van der Waals surface area contributed by atoms with Crippen LogP contribution in [0.2, 0.25) is 0 Å². The summed E-state index contributed by atoms with van der Waals surface area (Å²) >= 11 is 0. The standard InChI is InChI=1S/C31H44N2O5/c1-31(2,3)37-30(36)32-23-13-6-4-5-10-18-29(35)38-33-28(34)24-27-21-19-26(20-22-27)17-12-11-16-25-14-8-7-9-15-25/h7-9,14-15,19-22H,4-6,10-13,16-18,23-24H2,1-3H3,(H,32,36)(H,33,34). The smallest absolute Gasteiger partial charge is 0.407 e. The van der Waals surface area contributed by atoms with Crippen LogP contribution in [-0.4, -0.2) is 30.1 Å². The zero-order valence-electron chi connectivity index (χ0n) is 23.2. The van der Waals surface area contributed by atoms with Gasteiger partial charge in [0.2, 0.25) is 0 Å². The highest BCUT2D eigenvalue weighted by atomic mass is 16.7. The van der Waals surface area contributed by atoms with Gasteiger partial charge in [0.25, 0.3) is 5.91 Å². The van der Waals surface area contributed by atoms with Crippen molar-refractivity contribution < 1.29 is 24.0 Å². The maximum Gasteiger partial charge on any atom is 0.407 e. The van der Waals surface area contributed by atoms with E-state index in [1.807, 2.05) is 39.0 Å². The van der Waals surface area contributed by atoms with E-state index in [-0.39, 0.29) is 18.7 Å². The molecule has 0 aliphatic carbocycles. The molecule has 0 atom stereocenters. The third-order valence-corrected chi connectivity index (χ3v) is 5.92. The van der Waals surface area contributed by atoms with Gasteiger partial charge in [0.1, 0.15) is 5.60 Å². The first-order valence-corrected chi connectivity index (χ1v) is 13.8. The van der Waals surface area contributed by atoms with Crippen molar-refractivity contribution in [3.05, 3.63) is 71.3 Å². The number of carbonyl (C=O) groups excluding carboxylic acids is 3. The molecule has 0 saturated heterocycles. The third-order valence-electron chi connectivity index (χ3n) is 5.92. The van der Waals surface area contributed by atoms with E-state index in [4.69, 9.17) is 9.57 Å². The molecule has 0 aliphatic heterocycles. The number of alkyl carbamates (subject to hydrolysis) is 1. The van der Waals surface area contributed by atoms with Gasteiger partial charge in [-0.15, -0.1) is 0 Å². The van der Waals surface area contributed by atoms with Gasteiger partial charge in [-0.05, 0) is 76.0 Å². The lowest BCUT2D eigenvalue weighted by Gasteiger charge is -2.19. The number of aryl methyl sites for hydroxylation is 2. The Bertz CT molecular complexity index is 968. The van der Waals surface area contributed by atoms with Crippen LogP contribution in [0.1, 0.15) is 88.8 Å². The zero-order valence-corrected chi connectivity index (χ0v) is 23.2. The number of hydrogen-bond acceptors (Lipinski definition) is 5. The summed E-state index contributed by atoms with van der Waals surface area (Å²) in [5, 5.41) is 2.74. The number of nitrogens with one attached hydrogen (secondary N) is 2. The molecule has 0 unspecified atom stereocenters. The molecule has 2 aromatic rings. The van der Waals surface area contributed by atoms with Crippen molar-refractivity contribution in [3.63, 3.8) is 0 Å². The molecule has 2 aromatic carbocycles. The molecular formula is C31H44N2O5. The van der Waals surface area contributed by atoms with Crippen LogP contribution in [0, 0.1) is 0 Å². The van der Waals surface area contributed by atoms with Crippen molar-refractivity contribution in [2.75, 3.05) is 6.54 Å². The van der Waals surface area contributed by atoms with E-state index in [0.29, 0.717) is 13.0 Å². The third kappa shape index (κ3) is 15.0. The second kappa shape index (κ2) is 17.2. The van der Waals surface area contributed by atoms with Gasteiger partial charge in [-0.2, -0.15) is 5.48 Å². The Kier molecular flexibility index (Phi) is 14.0. The fraction of sp³-hybridized carbons (Fsp3) is 0.516. The highest BCUT2D eigenvalue weighted by Crippen LogP contribution is 2.12. The first kappa shape index (κ1) is 30.9. The molecule has 0 fully saturated rings. The van der Waals surface area contributed by atoms with Gasteiger partial charge in [0.15, 0.2) is 0 Å². The van der Waals surface area contributed by atoms with E-state index in [2.05, 4.69) is 47.2 Å². The monoisotopic (exact) mass is 524 g/mol. The van der Waals surface area contributed by atoms with Crippen molar-refractivity contribution in [3.8, 4) is 0 Å². The minimum atomic E-state index is -0.493. The van der Waals surface area contributed by atoms with Crippen LogP contribution < -0.4 is 10.8 Å². The summed E-state index contributed by atoms with van der Waals surface area (Å²) in [6.45, 7) is 6.06. The number of rotatable bonds is 15. The summed E-state index contributed by atoms with van der Waals surface area (Å²) in [7, 11) is 0. The summed E-state index contributed by atoms with van der Waals surface area (Å²) in [6, 6.07) is 18.5. The highest BCUT2D eigenvalue weighted by molar-refractivity contribution is 5.79. The molecule has 208 valence electrons. The topological polar surface area (TPSA) is 93.7 Å². The summed E-state index contributed by atoms with van der Waals surface area (Å²) in [6.07, 6.45) is 8.74. The Morgan fingerprint density at radius 2 is 1.29 bits per heavy atom. The van der Waals surface area contributed by atoms with Crippen molar-refractivity contribution in [1.29, 1.82) is 0 Å². The van der Waals surface area contributed by atoms with Gasteiger partial charge in [0.05, 0.1) is 6.42 Å². The molecule has 2 amide bonds. The highest BCUT2D eigenvalue weighted by Gasteiger charge is 2.15. The first-order valence-electron chi connectivity index (χ1n) is 13.8. The van der Waals surface area contributed by atoms with Crippen molar-refractivity contribution in [2.24, 2.45) is 0 Å². The quantitative estimate of drug-likeness (QED) is 0.213. The van der Waals surface area contributed by atoms with Crippen molar-refractivity contribution >= 4 is 18.0 Å². The molecule has 7 heteroatoms. The predicted octanol–water partition coefficient (Wildman–Crippen LogP) is 6.23. The Hall–Kier alpha value is -3.35. The van der Waals surface area contributed by atoms with Gasteiger partial charge in [-0.25, -0.2) is 9.59 Å². The Balaban J connectivity index is 1.47. The van der Waals surface area contributed by atoms with E-state index in [0.717, 1.165) is 56.9 Å². The number of hydrogen-bond donors (Lipinski definition) is 2. The summed E-state index contributed by atoms with van der Waals surface area (Å²) in [5.41, 5.74) is 5.28. The Morgan fingerprint density at radius 3 is 1.95 bits per heavy atom. The lowest BCUT2D eigenvalue weighted by molar-refractivity contribution is -0.158. The van der Waals surface area contributed by atoms with E-state index in [1.54, 1.807) is 0 Å². The maximum atomic E-state index is 12.1. The molecular weight excluding hydrogens is 480 g/mol. The molecule has 0 aromatic heterocycles. The summed E-state index contributed by atoms with van der Waals surface area (Å²) < 4.78 is 5.18. The number of benzene rings is 2. The van der Waals surface area contributed by atoms with Crippen LogP contribution in [-0.2, 0) is 38.4 Å². The molecule has 0 bridgehead atoms. The summed E-state index contributed by atoms with van der Waals surface area (Å²) in [4.78, 5) is 40.5. The second-order valence-corrected chi connectivity index (χ2v) is 10.6. The molecule has 0 aliphatic rings. The van der Waals surface area contributed by atoms with Crippen LogP contribution in [0.4, 0.5) is 4.79 Å². The summed E-state index contributed by atoms with van der Waals surface area (Å²) in [5.74, 6) is -0.776. The molecule has 38 heavy (non-hydrogen) atoms. The van der Waals surface area contributed by atoms with Gasteiger partial charge in [-0.1, -0.05) is 73.9 Å². The largest absolute Gasteiger partial charge is 0.444 e. The van der Waals surface area contributed by atoms with Gasteiger partial charge < -0.3 is 14.9 Å². The van der Waals surface area contributed by atoms with Gasteiger partial charge in [-0.3, -0.25) is 4.79 Å². The molecule has 0 radical (unpaired) electrons. The number of unbranched alkanes of at least 4 members (excludes halogenated alkanes) is 5. The van der Waals surface area contributed by atoms with E-state index >= 15 is 0 Å². The fourth-order valence-corrected chi connectivity index (χ4v) is 3.94. The molecule has 0 spiro atoms. The Labute approximate surface area is 227 Å². The average Bonchev–Trinajstić information content (AvgIpc) is 2.87. The predicted molar refractivity (Wildman–Crippen MR) is 149 cm³/mol. The van der Waals surface area contributed by atoms with Crippen molar-refractivity contribution in [2.45, 2.75) is 97.0 Å². The van der Waals surface area contributed by atoms with Crippen molar-refractivity contribution in [1.82, 2.24) is 10.8 Å². The molecule has 7 nitrogen and oxygen atoms in total. The first-order chi connectivity index (χ1) is 18.2. The maximum absolute atomic E-state index is 12.1. The number of carbonyl (C=O) groups is 3. The van der Waals surface area contributed by atoms with E-state index in [9.17, 15) is 14.4 Å². The normalized spacial score (nSPS) is 11.0. The molecule has 2 N–H and O–H groups in total. The number of hydroxylamine groups is 1. The molecule has 2 rings (SSSR count). The van der Waals surface area contributed by atoms with Gasteiger partial charge in [0, 0.05) is 13.0 Å². The zero-order chi connectivity index (χ0) is 27.6. The second-order valence-electron chi connectivity index (χ2n) is 10.6. The van der Waals surface area contributed by atoms with Crippen LogP contribution >= 0.6 is 0 Å². The minimum Gasteiger partial charge on any atom is -0.444 e. The SMILES string of the molecule is CC(C)(C)OC(=O)NCCCCCCCC(=O)ONC(=O)Cc1ccc(CCCCc2ccccc2)cc1. The van der Waals surface area contributed by atoms with E-state index < -0.39 is 17.7 Å². The van der Waals surface area contributed by atoms with Gasteiger partial charge >= 0.3 is 12.1 Å². The Morgan fingerprint density at radius 1 is 0.711 bits per heavy atom. The fourth-order valence-electron chi connectivity index (χ4n) is 3.94. The van der Waals surface area contributed by atoms with E-state index in [1.165, 1.54) is 11.1 Å². The van der Waals surface area contributed by atoms with Crippen LogP contribution in [0.25, 0.3) is 0 Å². The minimum absolute atomic E-state index is 0.166. The van der Waals surface area contributed by atoms with Crippen LogP contribution in [0.5, 0.6) is 0 Å². The number of amides is 2.